The number of halogens is 1. The zero-order chi connectivity index (χ0) is 30.1. The van der Waals surface area contributed by atoms with Gasteiger partial charge in [0, 0.05) is 12.6 Å². The Hall–Kier alpha value is -3.92. The van der Waals surface area contributed by atoms with Crippen LogP contribution < -0.4 is 14.4 Å². The number of sulfonamides is 1. The molecule has 0 unspecified atom stereocenters. The zero-order valence-electron chi connectivity index (χ0n) is 24.0. The first-order valence-electron chi connectivity index (χ1n) is 14.3. The molecular formula is C32H38FN3O5S. The van der Waals surface area contributed by atoms with Gasteiger partial charge >= 0.3 is 0 Å². The molecule has 0 saturated heterocycles. The van der Waals surface area contributed by atoms with Crippen molar-refractivity contribution >= 4 is 27.5 Å². The molecule has 0 bridgehead atoms. The van der Waals surface area contributed by atoms with E-state index in [0.29, 0.717) is 12.2 Å². The lowest BCUT2D eigenvalue weighted by molar-refractivity contribution is -0.140. The standard InChI is InChI=1S/C32H38FN3O5S/c1-3-30(32(38)34-26-12-6-4-7-13-26)35(22-24-11-10-16-28(21-24)41-2)31(37)23-36(27-14-8-5-9-15-27)42(39,40)29-19-17-25(33)18-20-29/h5,8-11,14-21,26,30H,3-4,6-7,12-13,22-23H2,1-2H3,(H,34,38)/t30-/m1/s1. The lowest BCUT2D eigenvalue weighted by atomic mass is 9.95. The Labute approximate surface area is 247 Å². The van der Waals surface area contributed by atoms with E-state index in [0.717, 1.165) is 54.1 Å². The number of rotatable bonds is 12. The van der Waals surface area contributed by atoms with Crippen LogP contribution in [-0.4, -0.2) is 50.9 Å². The summed E-state index contributed by atoms with van der Waals surface area (Å²) in [5.41, 5.74) is 1.01. The van der Waals surface area contributed by atoms with E-state index in [1.54, 1.807) is 55.6 Å². The van der Waals surface area contributed by atoms with E-state index < -0.39 is 34.3 Å². The molecule has 0 aliphatic heterocycles. The molecule has 1 N–H and O–H groups in total. The molecule has 4 rings (SSSR count). The van der Waals surface area contributed by atoms with E-state index in [2.05, 4.69) is 5.32 Å². The number of nitrogens with zero attached hydrogens (tertiary/aromatic N) is 2. The quantitative estimate of drug-likeness (QED) is 0.307. The maximum Gasteiger partial charge on any atom is 0.264 e. The highest BCUT2D eigenvalue weighted by Crippen LogP contribution is 2.26. The van der Waals surface area contributed by atoms with Crippen LogP contribution in [0.3, 0.4) is 0 Å². The zero-order valence-corrected chi connectivity index (χ0v) is 24.9. The predicted molar refractivity (Wildman–Crippen MR) is 160 cm³/mol. The van der Waals surface area contributed by atoms with Crippen molar-refractivity contribution in [3.63, 3.8) is 0 Å². The molecule has 1 fully saturated rings. The van der Waals surface area contributed by atoms with Crippen molar-refractivity contribution < 1.29 is 27.1 Å². The Bertz CT molecular complexity index is 1440. The van der Waals surface area contributed by atoms with Gasteiger partial charge in [-0.3, -0.25) is 13.9 Å². The van der Waals surface area contributed by atoms with Gasteiger partial charge in [0.15, 0.2) is 0 Å². The summed E-state index contributed by atoms with van der Waals surface area (Å²) < 4.78 is 47.6. The minimum Gasteiger partial charge on any atom is -0.497 e. The summed E-state index contributed by atoms with van der Waals surface area (Å²) in [5, 5.41) is 3.14. The number of nitrogens with one attached hydrogen (secondary N) is 1. The van der Waals surface area contributed by atoms with Gasteiger partial charge in [0.2, 0.25) is 11.8 Å². The Balaban J connectivity index is 1.69. The number of ether oxygens (including phenoxy) is 1. The van der Waals surface area contributed by atoms with Gasteiger partial charge in [-0.25, -0.2) is 12.8 Å². The number of para-hydroxylation sites is 1. The first-order chi connectivity index (χ1) is 20.2. The van der Waals surface area contributed by atoms with E-state index in [-0.39, 0.29) is 29.1 Å². The Kier molecular flexibility index (Phi) is 10.6. The van der Waals surface area contributed by atoms with Crippen molar-refractivity contribution in [2.75, 3.05) is 18.0 Å². The molecule has 1 atom stereocenters. The van der Waals surface area contributed by atoms with E-state index in [4.69, 9.17) is 4.74 Å². The van der Waals surface area contributed by atoms with Gasteiger partial charge in [0.05, 0.1) is 17.7 Å². The second kappa shape index (κ2) is 14.3. The maximum atomic E-state index is 14.2. The van der Waals surface area contributed by atoms with Crippen molar-refractivity contribution in [2.45, 2.75) is 69.0 Å². The van der Waals surface area contributed by atoms with Gasteiger partial charge in [-0.05, 0) is 73.4 Å². The monoisotopic (exact) mass is 595 g/mol. The topological polar surface area (TPSA) is 96.0 Å². The second-order valence-electron chi connectivity index (χ2n) is 10.4. The van der Waals surface area contributed by atoms with E-state index in [1.165, 1.54) is 17.0 Å². The SMILES string of the molecule is CC[C@H](C(=O)NC1CCCCC1)N(Cc1cccc(OC)c1)C(=O)CN(c1ccccc1)S(=O)(=O)c1ccc(F)cc1. The fourth-order valence-corrected chi connectivity index (χ4v) is 6.70. The third kappa shape index (κ3) is 7.67. The molecule has 0 aromatic heterocycles. The summed E-state index contributed by atoms with van der Waals surface area (Å²) >= 11 is 0. The summed E-state index contributed by atoms with van der Waals surface area (Å²) in [6, 6.07) is 19.2. The molecule has 1 aliphatic carbocycles. The number of carbonyl (C=O) groups is 2. The number of hydrogen-bond acceptors (Lipinski definition) is 5. The highest BCUT2D eigenvalue weighted by Gasteiger charge is 2.34. The van der Waals surface area contributed by atoms with Crippen LogP contribution in [0.25, 0.3) is 0 Å². The normalized spacial score (nSPS) is 14.5. The van der Waals surface area contributed by atoms with Crippen LogP contribution in [-0.2, 0) is 26.2 Å². The smallest absolute Gasteiger partial charge is 0.264 e. The van der Waals surface area contributed by atoms with Crippen LogP contribution in [0.1, 0.15) is 51.0 Å². The van der Waals surface area contributed by atoms with Crippen LogP contribution >= 0.6 is 0 Å². The molecule has 3 aromatic rings. The average molecular weight is 596 g/mol. The predicted octanol–water partition coefficient (Wildman–Crippen LogP) is 5.29. The molecule has 0 spiro atoms. The first kappa shape index (κ1) is 31.0. The molecular weight excluding hydrogens is 557 g/mol. The molecule has 3 aromatic carbocycles. The summed E-state index contributed by atoms with van der Waals surface area (Å²) in [7, 11) is -2.71. The van der Waals surface area contributed by atoms with Crippen molar-refractivity contribution in [1.29, 1.82) is 0 Å². The van der Waals surface area contributed by atoms with Crippen LogP contribution in [0.5, 0.6) is 5.75 Å². The Morgan fingerprint density at radius 1 is 0.976 bits per heavy atom. The van der Waals surface area contributed by atoms with Crippen LogP contribution in [0.2, 0.25) is 0 Å². The summed E-state index contributed by atoms with van der Waals surface area (Å²) in [6.07, 6.45) is 5.35. The van der Waals surface area contributed by atoms with Crippen molar-refractivity contribution in [3.05, 3.63) is 90.2 Å². The number of carbonyl (C=O) groups excluding carboxylic acids is 2. The minimum absolute atomic E-state index is 0.0498. The number of anilines is 1. The Morgan fingerprint density at radius 2 is 1.67 bits per heavy atom. The van der Waals surface area contributed by atoms with Crippen molar-refractivity contribution in [2.24, 2.45) is 0 Å². The van der Waals surface area contributed by atoms with Crippen LogP contribution in [0.15, 0.2) is 83.8 Å². The van der Waals surface area contributed by atoms with Crippen LogP contribution in [0.4, 0.5) is 10.1 Å². The molecule has 1 aliphatic rings. The molecule has 0 radical (unpaired) electrons. The highest BCUT2D eigenvalue weighted by molar-refractivity contribution is 7.92. The Morgan fingerprint density at radius 3 is 2.31 bits per heavy atom. The van der Waals surface area contributed by atoms with Gasteiger partial charge in [-0.15, -0.1) is 0 Å². The van der Waals surface area contributed by atoms with E-state index >= 15 is 0 Å². The third-order valence-electron chi connectivity index (χ3n) is 7.55. The molecule has 10 heteroatoms. The maximum absolute atomic E-state index is 14.2. The first-order valence-corrected chi connectivity index (χ1v) is 15.7. The van der Waals surface area contributed by atoms with Crippen molar-refractivity contribution in [1.82, 2.24) is 10.2 Å². The fraction of sp³-hybridized carbons (Fsp3) is 0.375. The number of methoxy groups -OCH3 is 1. The van der Waals surface area contributed by atoms with Crippen LogP contribution in [0, 0.1) is 5.82 Å². The molecule has 2 amide bonds. The van der Waals surface area contributed by atoms with Gasteiger partial charge in [0.25, 0.3) is 10.0 Å². The molecule has 8 nitrogen and oxygen atoms in total. The van der Waals surface area contributed by atoms with E-state index in [1.807, 2.05) is 13.0 Å². The van der Waals surface area contributed by atoms with Gasteiger partial charge in [-0.2, -0.15) is 0 Å². The summed E-state index contributed by atoms with van der Waals surface area (Å²) in [5.74, 6) is -0.772. The van der Waals surface area contributed by atoms with E-state index in [9.17, 15) is 22.4 Å². The summed E-state index contributed by atoms with van der Waals surface area (Å²) in [4.78, 5) is 29.1. The lowest BCUT2D eigenvalue weighted by Gasteiger charge is -2.34. The molecule has 0 heterocycles. The van der Waals surface area contributed by atoms with Gasteiger partial charge in [0.1, 0.15) is 24.2 Å². The number of benzene rings is 3. The fourth-order valence-electron chi connectivity index (χ4n) is 5.29. The molecule has 1 saturated carbocycles. The number of amides is 2. The minimum atomic E-state index is -4.26. The highest BCUT2D eigenvalue weighted by atomic mass is 32.2. The average Bonchev–Trinajstić information content (AvgIpc) is 3.00. The largest absolute Gasteiger partial charge is 0.497 e. The third-order valence-corrected chi connectivity index (χ3v) is 9.34. The van der Waals surface area contributed by atoms with Gasteiger partial charge in [-0.1, -0.05) is 56.5 Å². The van der Waals surface area contributed by atoms with Gasteiger partial charge < -0.3 is 15.0 Å². The number of hydrogen-bond donors (Lipinski definition) is 1. The lowest BCUT2D eigenvalue weighted by Crippen LogP contribution is -2.54. The van der Waals surface area contributed by atoms with Crippen molar-refractivity contribution in [3.8, 4) is 5.75 Å². The second-order valence-corrected chi connectivity index (χ2v) is 12.3. The molecule has 224 valence electrons. The molecule has 42 heavy (non-hydrogen) atoms. The summed E-state index contributed by atoms with van der Waals surface area (Å²) in [6.45, 7) is 1.36.